The average Bonchev–Trinajstić information content (AvgIpc) is 2.52. The van der Waals surface area contributed by atoms with Crippen molar-refractivity contribution in [3.8, 4) is 5.75 Å². The van der Waals surface area contributed by atoms with Gasteiger partial charge in [-0.25, -0.2) is 0 Å². The number of allylic oxidation sites excluding steroid dienone is 1. The van der Waals surface area contributed by atoms with Crippen LogP contribution >= 0.6 is 0 Å². The Balaban J connectivity index is 2.00. The van der Waals surface area contributed by atoms with Gasteiger partial charge in [0.25, 0.3) is 0 Å². The third-order valence-electron chi connectivity index (χ3n) is 3.06. The van der Waals surface area contributed by atoms with E-state index < -0.39 is 0 Å². The Hall–Kier alpha value is -2.62. The molecule has 0 fully saturated rings. The van der Waals surface area contributed by atoms with E-state index in [1.807, 2.05) is 54.6 Å². The van der Waals surface area contributed by atoms with Gasteiger partial charge in [-0.1, -0.05) is 49.4 Å². The molecule has 0 saturated carbocycles. The van der Waals surface area contributed by atoms with Crippen molar-refractivity contribution in [1.82, 2.24) is 0 Å². The molecule has 2 rings (SSSR count). The van der Waals surface area contributed by atoms with E-state index in [4.69, 9.17) is 4.74 Å². The number of nitrogens with zero attached hydrogens (tertiary/aromatic N) is 1. The van der Waals surface area contributed by atoms with Crippen LogP contribution in [0.4, 0.5) is 0 Å². The lowest BCUT2D eigenvalue weighted by atomic mass is 10.1. The Morgan fingerprint density at radius 1 is 1.14 bits per heavy atom. The molecule has 0 atom stereocenters. The molecule has 0 heterocycles. The van der Waals surface area contributed by atoms with Gasteiger partial charge in [-0.3, -0.25) is 10.1 Å². The predicted molar refractivity (Wildman–Crippen MR) is 82.5 cm³/mol. The standard InChI is InChI=1S/C17H17NO3/c1-2-16(18(19)20)12-14-8-10-17(11-9-14)21-13-15-6-4-3-5-7-15/h3-12H,2,13H2,1H3/b16-12-. The van der Waals surface area contributed by atoms with Gasteiger partial charge in [0.15, 0.2) is 0 Å². The molecule has 0 amide bonds. The van der Waals surface area contributed by atoms with E-state index >= 15 is 0 Å². The molecule has 0 unspecified atom stereocenters. The Labute approximate surface area is 123 Å². The number of hydrogen-bond donors (Lipinski definition) is 0. The monoisotopic (exact) mass is 283 g/mol. The lowest BCUT2D eigenvalue weighted by molar-refractivity contribution is -0.425. The zero-order chi connectivity index (χ0) is 15.1. The molecule has 0 aliphatic rings. The first kappa shape index (κ1) is 14.8. The van der Waals surface area contributed by atoms with Gasteiger partial charge >= 0.3 is 0 Å². The first-order chi connectivity index (χ1) is 10.2. The highest BCUT2D eigenvalue weighted by Crippen LogP contribution is 2.17. The largest absolute Gasteiger partial charge is 0.489 e. The van der Waals surface area contributed by atoms with E-state index in [1.54, 1.807) is 13.0 Å². The molecule has 0 N–H and O–H groups in total. The summed E-state index contributed by atoms with van der Waals surface area (Å²) in [7, 11) is 0. The molecule has 0 saturated heterocycles. The highest BCUT2D eigenvalue weighted by atomic mass is 16.6. The Kier molecular flexibility index (Phi) is 5.10. The van der Waals surface area contributed by atoms with Gasteiger partial charge in [-0.15, -0.1) is 0 Å². The molecule has 0 aliphatic carbocycles. The molecule has 2 aromatic carbocycles. The molecule has 108 valence electrons. The van der Waals surface area contributed by atoms with Crippen molar-refractivity contribution in [3.63, 3.8) is 0 Å². The Morgan fingerprint density at radius 3 is 2.38 bits per heavy atom. The lowest BCUT2D eigenvalue weighted by Crippen LogP contribution is -1.97. The van der Waals surface area contributed by atoms with Crippen LogP contribution < -0.4 is 4.74 Å². The molecule has 0 radical (unpaired) electrons. The molecule has 0 spiro atoms. The molecule has 2 aromatic rings. The summed E-state index contributed by atoms with van der Waals surface area (Å²) < 4.78 is 5.67. The van der Waals surface area contributed by atoms with Crippen LogP contribution in [0, 0.1) is 10.1 Å². The summed E-state index contributed by atoms with van der Waals surface area (Å²) in [4.78, 5) is 10.4. The minimum Gasteiger partial charge on any atom is -0.489 e. The topological polar surface area (TPSA) is 52.4 Å². The van der Waals surface area contributed by atoms with Gasteiger partial charge in [0, 0.05) is 12.5 Å². The van der Waals surface area contributed by atoms with Crippen LogP contribution in [-0.4, -0.2) is 4.92 Å². The van der Waals surface area contributed by atoms with Crippen molar-refractivity contribution in [2.75, 3.05) is 0 Å². The molecule has 0 aliphatic heterocycles. The molecule has 0 aromatic heterocycles. The third kappa shape index (κ3) is 4.45. The van der Waals surface area contributed by atoms with E-state index in [-0.39, 0.29) is 10.6 Å². The second kappa shape index (κ2) is 7.24. The van der Waals surface area contributed by atoms with Crippen LogP contribution in [0.25, 0.3) is 6.08 Å². The highest BCUT2D eigenvalue weighted by Gasteiger charge is 2.06. The van der Waals surface area contributed by atoms with Crippen molar-refractivity contribution < 1.29 is 9.66 Å². The minimum atomic E-state index is -0.347. The first-order valence-electron chi connectivity index (χ1n) is 6.81. The first-order valence-corrected chi connectivity index (χ1v) is 6.81. The second-order valence-corrected chi connectivity index (χ2v) is 4.59. The average molecular weight is 283 g/mol. The van der Waals surface area contributed by atoms with E-state index in [1.165, 1.54) is 0 Å². The number of hydrogen-bond acceptors (Lipinski definition) is 3. The lowest BCUT2D eigenvalue weighted by Gasteiger charge is -2.06. The predicted octanol–water partition coefficient (Wildman–Crippen LogP) is 4.29. The summed E-state index contributed by atoms with van der Waals surface area (Å²) in [6, 6.07) is 17.2. The fourth-order valence-electron chi connectivity index (χ4n) is 1.88. The molecular weight excluding hydrogens is 266 g/mol. The van der Waals surface area contributed by atoms with E-state index in [0.717, 1.165) is 16.9 Å². The summed E-state index contributed by atoms with van der Waals surface area (Å²) in [6.45, 7) is 2.27. The van der Waals surface area contributed by atoms with Gasteiger partial charge in [0.2, 0.25) is 5.70 Å². The number of benzene rings is 2. The van der Waals surface area contributed by atoms with Crippen molar-refractivity contribution >= 4 is 6.08 Å². The maximum Gasteiger partial charge on any atom is 0.246 e. The normalized spacial score (nSPS) is 11.2. The number of nitro groups is 1. The Morgan fingerprint density at radius 2 is 1.81 bits per heavy atom. The number of rotatable bonds is 6. The fraction of sp³-hybridized carbons (Fsp3) is 0.176. The summed E-state index contributed by atoms with van der Waals surface area (Å²) in [5.41, 5.74) is 2.10. The van der Waals surface area contributed by atoms with E-state index in [9.17, 15) is 10.1 Å². The zero-order valence-electron chi connectivity index (χ0n) is 11.9. The van der Waals surface area contributed by atoms with Gasteiger partial charge in [-0.2, -0.15) is 0 Å². The minimum absolute atomic E-state index is 0.202. The van der Waals surface area contributed by atoms with Crippen LogP contribution in [0.1, 0.15) is 24.5 Å². The van der Waals surface area contributed by atoms with Gasteiger partial charge < -0.3 is 4.74 Å². The highest BCUT2D eigenvalue weighted by molar-refractivity contribution is 5.52. The summed E-state index contributed by atoms with van der Waals surface area (Å²) in [5, 5.41) is 10.8. The molecular formula is C17H17NO3. The van der Waals surface area contributed by atoms with E-state index in [0.29, 0.717) is 13.0 Å². The van der Waals surface area contributed by atoms with E-state index in [2.05, 4.69) is 0 Å². The van der Waals surface area contributed by atoms with Crippen LogP contribution in [-0.2, 0) is 6.61 Å². The quantitative estimate of drug-likeness (QED) is 0.587. The van der Waals surface area contributed by atoms with Gasteiger partial charge in [-0.05, 0) is 23.3 Å². The molecule has 4 heteroatoms. The van der Waals surface area contributed by atoms with Crippen molar-refractivity contribution in [1.29, 1.82) is 0 Å². The molecule has 0 bridgehead atoms. The van der Waals surface area contributed by atoms with Crippen molar-refractivity contribution in [2.45, 2.75) is 20.0 Å². The summed E-state index contributed by atoms with van der Waals surface area (Å²) >= 11 is 0. The zero-order valence-corrected chi connectivity index (χ0v) is 11.9. The summed E-state index contributed by atoms with van der Waals surface area (Å²) in [5.74, 6) is 0.746. The second-order valence-electron chi connectivity index (χ2n) is 4.59. The molecule has 4 nitrogen and oxygen atoms in total. The molecule has 21 heavy (non-hydrogen) atoms. The van der Waals surface area contributed by atoms with Crippen LogP contribution in [0.15, 0.2) is 60.3 Å². The SMILES string of the molecule is CC/C(=C/c1ccc(OCc2ccccc2)cc1)[N+](=O)[O-]. The van der Waals surface area contributed by atoms with Crippen LogP contribution in [0.5, 0.6) is 5.75 Å². The van der Waals surface area contributed by atoms with Crippen LogP contribution in [0.3, 0.4) is 0 Å². The summed E-state index contributed by atoms with van der Waals surface area (Å²) in [6.07, 6.45) is 1.99. The van der Waals surface area contributed by atoms with Gasteiger partial charge in [0.05, 0.1) is 4.92 Å². The third-order valence-corrected chi connectivity index (χ3v) is 3.06. The fourth-order valence-corrected chi connectivity index (χ4v) is 1.88. The maximum absolute atomic E-state index is 10.8. The number of ether oxygens (including phenoxy) is 1. The van der Waals surface area contributed by atoms with Crippen molar-refractivity contribution in [2.24, 2.45) is 0 Å². The Bertz CT molecular complexity index is 618. The van der Waals surface area contributed by atoms with Gasteiger partial charge in [0.1, 0.15) is 12.4 Å². The van der Waals surface area contributed by atoms with Crippen LogP contribution in [0.2, 0.25) is 0 Å². The van der Waals surface area contributed by atoms with Crippen molar-refractivity contribution in [3.05, 3.63) is 81.5 Å². The smallest absolute Gasteiger partial charge is 0.246 e. The maximum atomic E-state index is 10.8.